The second kappa shape index (κ2) is 41.8. The molecule has 6 atom stereocenters. The molecule has 0 spiro atoms. The molecular weight excluding hydrogens is 850 g/mol. The molecule has 362 valence electrons. The van der Waals surface area contributed by atoms with E-state index in [0.29, 0.717) is 6.42 Å². The molecular formula is C47H80NO13PS. The summed E-state index contributed by atoms with van der Waals surface area (Å²) in [4.78, 5) is 46.8. The zero-order valence-corrected chi connectivity index (χ0v) is 39.6. The Balaban J connectivity index is 5.22. The van der Waals surface area contributed by atoms with Gasteiger partial charge < -0.3 is 40.5 Å². The Kier molecular flexibility index (Phi) is 39.9. The number of rotatable bonds is 42. The van der Waals surface area contributed by atoms with Crippen LogP contribution in [0.15, 0.2) is 72.9 Å². The van der Waals surface area contributed by atoms with Crippen molar-refractivity contribution < 1.29 is 62.8 Å². The molecule has 0 aromatic carbocycles. The summed E-state index contributed by atoms with van der Waals surface area (Å²) in [6.07, 6.45) is 37.6. The van der Waals surface area contributed by atoms with Crippen LogP contribution in [-0.4, -0.2) is 105 Å². The number of phosphoric acid groups is 1. The Morgan fingerprint density at radius 1 is 0.698 bits per heavy atom. The van der Waals surface area contributed by atoms with E-state index in [1.165, 1.54) is 56.7 Å². The lowest BCUT2D eigenvalue weighted by molar-refractivity contribution is -0.161. The number of esters is 2. The first kappa shape index (κ1) is 60.2. The Morgan fingerprint density at radius 2 is 1.29 bits per heavy atom. The number of hydrogen-bond donors (Lipinski definition) is 6. The number of hydrogen-bond acceptors (Lipinski definition) is 13. The minimum absolute atomic E-state index is 0.0123. The molecule has 1 unspecified atom stereocenters. The quantitative estimate of drug-likeness (QED) is 0.0110. The molecule has 63 heavy (non-hydrogen) atoms. The maximum absolute atomic E-state index is 13.0. The van der Waals surface area contributed by atoms with E-state index >= 15 is 0 Å². The Bertz CT molecular complexity index is 1400. The molecule has 0 saturated heterocycles. The highest BCUT2D eigenvalue weighted by molar-refractivity contribution is 8.00. The normalized spacial score (nSPS) is 15.8. The van der Waals surface area contributed by atoms with Crippen molar-refractivity contribution in [2.45, 2.75) is 172 Å². The van der Waals surface area contributed by atoms with Gasteiger partial charge in [-0.25, -0.2) is 4.57 Å². The molecule has 7 N–H and O–H groups in total. The van der Waals surface area contributed by atoms with Crippen LogP contribution < -0.4 is 5.73 Å². The van der Waals surface area contributed by atoms with Crippen molar-refractivity contribution in [3.05, 3.63) is 72.9 Å². The number of aliphatic carboxylic acids is 1. The number of ether oxygens (including phenoxy) is 2. The Morgan fingerprint density at radius 3 is 1.97 bits per heavy atom. The van der Waals surface area contributed by atoms with Crippen molar-refractivity contribution in [1.29, 1.82) is 0 Å². The zero-order chi connectivity index (χ0) is 46.8. The van der Waals surface area contributed by atoms with Gasteiger partial charge >= 0.3 is 25.7 Å². The van der Waals surface area contributed by atoms with Crippen LogP contribution in [0.2, 0.25) is 0 Å². The number of phosphoric ester groups is 1. The first-order valence-electron chi connectivity index (χ1n) is 22.9. The Hall–Kier alpha value is -2.85. The molecule has 0 aromatic heterocycles. The predicted molar refractivity (Wildman–Crippen MR) is 252 cm³/mol. The summed E-state index contributed by atoms with van der Waals surface area (Å²) in [5, 5.41) is 37.8. The molecule has 0 aliphatic carbocycles. The summed E-state index contributed by atoms with van der Waals surface area (Å²) in [6, 6.07) is -1.18. The summed E-state index contributed by atoms with van der Waals surface area (Å²) < 4.78 is 32.8. The second-order valence-corrected chi connectivity index (χ2v) is 18.0. The smallest absolute Gasteiger partial charge is 0.472 e. The van der Waals surface area contributed by atoms with Crippen molar-refractivity contribution in [2.75, 3.05) is 32.2 Å². The topological polar surface area (TPSA) is 232 Å². The minimum Gasteiger partial charge on any atom is -0.481 e. The number of unbranched alkanes of at least 4 members (excludes halogenated alkanes) is 12. The standard InChI is InChI=1S/C47H80NO13PS/c1-3-5-7-9-11-13-15-17-18-19-21-23-25-27-29-34-46(54)61-41(38-60-62(56,57)59-36-40(50)35-49)37-58-47(55)42(48)39-63-44(43(51)31-30-33-45(52)53)32-28-26-24-22-20-16-14-12-10-8-6-4-2/h12-15,17-18,20,22,24,26,28,32,40-44,49-51H,3-11,16,19,21,23,25,27,29-31,33-39,48H2,1-2H3,(H,52,53)(H,56,57)/b14-12-,15-13-,18-17-,22-20-,26-24+,32-28+/t40-,41+,42-,43-,44+/m0/s1. The number of aliphatic hydroxyl groups excluding tert-OH is 3. The van der Waals surface area contributed by atoms with Gasteiger partial charge in [0.1, 0.15) is 18.8 Å². The molecule has 0 saturated carbocycles. The van der Waals surface area contributed by atoms with Gasteiger partial charge in [-0.05, 0) is 64.2 Å². The molecule has 0 fully saturated rings. The number of carbonyl (C=O) groups excluding carboxylic acids is 2. The fourth-order valence-corrected chi connectivity index (χ4v) is 7.57. The molecule has 0 radical (unpaired) electrons. The maximum atomic E-state index is 13.0. The zero-order valence-electron chi connectivity index (χ0n) is 37.9. The van der Waals surface area contributed by atoms with Crippen LogP contribution in [0.1, 0.15) is 142 Å². The summed E-state index contributed by atoms with van der Waals surface area (Å²) >= 11 is 1.19. The lowest BCUT2D eigenvalue weighted by Gasteiger charge is -2.22. The van der Waals surface area contributed by atoms with Crippen molar-refractivity contribution in [1.82, 2.24) is 0 Å². The number of carboxylic acid groups (broad SMARTS) is 1. The van der Waals surface area contributed by atoms with Crippen molar-refractivity contribution in [3.8, 4) is 0 Å². The molecule has 14 nitrogen and oxygen atoms in total. The van der Waals surface area contributed by atoms with Crippen LogP contribution in [0.25, 0.3) is 0 Å². The molecule has 0 heterocycles. The van der Waals surface area contributed by atoms with Gasteiger partial charge in [0.25, 0.3) is 0 Å². The van der Waals surface area contributed by atoms with E-state index in [-0.39, 0.29) is 31.4 Å². The Labute approximate surface area is 381 Å². The summed E-state index contributed by atoms with van der Waals surface area (Å²) in [7, 11) is -4.76. The SMILES string of the molecule is CCCCC/C=C\C\C=C/C=C/C=C/[C@@H](SC[C@H](N)C(=O)OC[C@H](COP(=O)(O)OC[C@@H](O)CO)OC(=O)CCCCCCC/C=C\C=C/CCCCCC)[C@@H](O)CCCC(=O)O. The third-order valence-corrected chi connectivity index (χ3v) is 11.7. The van der Waals surface area contributed by atoms with Crippen molar-refractivity contribution in [3.63, 3.8) is 0 Å². The number of allylic oxidation sites excluding steroid dienone is 11. The van der Waals surface area contributed by atoms with Gasteiger partial charge in [0, 0.05) is 23.8 Å². The molecule has 16 heteroatoms. The van der Waals surface area contributed by atoms with Crippen LogP contribution in [0.3, 0.4) is 0 Å². The average molecular weight is 930 g/mol. The van der Waals surface area contributed by atoms with Crippen LogP contribution >= 0.6 is 19.6 Å². The van der Waals surface area contributed by atoms with Gasteiger partial charge in [0.2, 0.25) is 0 Å². The van der Waals surface area contributed by atoms with E-state index in [0.717, 1.165) is 51.4 Å². The van der Waals surface area contributed by atoms with Gasteiger partial charge in [-0.1, -0.05) is 138 Å². The average Bonchev–Trinajstić information content (AvgIpc) is 3.25. The predicted octanol–water partition coefficient (Wildman–Crippen LogP) is 8.98. The molecule has 0 aliphatic rings. The number of nitrogens with two attached hydrogens (primary N) is 1. The highest BCUT2D eigenvalue weighted by Gasteiger charge is 2.28. The van der Waals surface area contributed by atoms with Crippen molar-refractivity contribution >= 4 is 37.5 Å². The second-order valence-electron chi connectivity index (χ2n) is 15.3. The van der Waals surface area contributed by atoms with Gasteiger partial charge in [-0.15, -0.1) is 11.8 Å². The van der Waals surface area contributed by atoms with Crippen LogP contribution in [-0.2, 0) is 37.5 Å². The van der Waals surface area contributed by atoms with E-state index < -0.39 is 81.8 Å². The number of aliphatic hydroxyl groups is 3. The van der Waals surface area contributed by atoms with E-state index in [9.17, 15) is 34.1 Å². The van der Waals surface area contributed by atoms with E-state index in [1.54, 1.807) is 18.2 Å². The van der Waals surface area contributed by atoms with E-state index in [4.69, 9.17) is 29.9 Å². The minimum atomic E-state index is -4.76. The number of carboxylic acids is 1. The fourth-order valence-electron chi connectivity index (χ4n) is 5.66. The summed E-state index contributed by atoms with van der Waals surface area (Å²) in [5.74, 6) is -2.45. The van der Waals surface area contributed by atoms with Gasteiger partial charge in [0.15, 0.2) is 6.10 Å². The van der Waals surface area contributed by atoms with Crippen LogP contribution in [0, 0.1) is 0 Å². The van der Waals surface area contributed by atoms with Crippen LogP contribution in [0.5, 0.6) is 0 Å². The highest BCUT2D eigenvalue weighted by atomic mass is 32.2. The third-order valence-electron chi connectivity index (χ3n) is 9.36. The lowest BCUT2D eigenvalue weighted by atomic mass is 10.1. The number of carbonyl (C=O) groups is 3. The molecule has 0 aliphatic heterocycles. The first-order chi connectivity index (χ1) is 30.3. The monoisotopic (exact) mass is 930 g/mol. The van der Waals surface area contributed by atoms with E-state index in [2.05, 4.69) is 54.8 Å². The van der Waals surface area contributed by atoms with Gasteiger partial charge in [0.05, 0.1) is 25.9 Å². The molecule has 0 amide bonds. The fraction of sp³-hybridized carbons (Fsp3) is 0.681. The molecule has 0 bridgehead atoms. The lowest BCUT2D eigenvalue weighted by Crippen LogP contribution is -2.38. The summed E-state index contributed by atoms with van der Waals surface area (Å²) in [5.41, 5.74) is 6.15. The van der Waals surface area contributed by atoms with Gasteiger partial charge in [-0.2, -0.15) is 0 Å². The largest absolute Gasteiger partial charge is 0.481 e. The molecule has 0 rings (SSSR count). The maximum Gasteiger partial charge on any atom is 0.472 e. The third kappa shape index (κ3) is 39.3. The highest BCUT2D eigenvalue weighted by Crippen LogP contribution is 2.43. The van der Waals surface area contributed by atoms with Gasteiger partial charge in [-0.3, -0.25) is 23.4 Å². The molecule has 0 aromatic rings. The van der Waals surface area contributed by atoms with E-state index in [1.807, 2.05) is 18.2 Å². The summed E-state index contributed by atoms with van der Waals surface area (Å²) in [6.45, 7) is 1.72. The first-order valence-corrected chi connectivity index (χ1v) is 25.4. The van der Waals surface area contributed by atoms with Crippen LogP contribution in [0.4, 0.5) is 0 Å². The number of thioether (sulfide) groups is 1. The van der Waals surface area contributed by atoms with Crippen molar-refractivity contribution in [2.24, 2.45) is 5.73 Å².